The molecular formula is C9H17NOS. The number of hydrogen-bond acceptors (Lipinski definition) is 3. The molecule has 2 fully saturated rings. The Labute approximate surface area is 78.4 Å². The average Bonchev–Trinajstić information content (AvgIpc) is 2.59. The van der Waals surface area contributed by atoms with Gasteiger partial charge < -0.3 is 4.74 Å². The van der Waals surface area contributed by atoms with Gasteiger partial charge in [-0.15, -0.1) is 0 Å². The van der Waals surface area contributed by atoms with Crippen molar-refractivity contribution in [3.8, 4) is 0 Å². The van der Waals surface area contributed by atoms with Crippen LogP contribution < -0.4 is 5.32 Å². The van der Waals surface area contributed by atoms with E-state index < -0.39 is 0 Å². The van der Waals surface area contributed by atoms with E-state index in [1.807, 2.05) is 0 Å². The van der Waals surface area contributed by atoms with Crippen molar-refractivity contribution in [2.24, 2.45) is 0 Å². The Balaban J connectivity index is 1.69. The van der Waals surface area contributed by atoms with Gasteiger partial charge in [0.25, 0.3) is 0 Å². The van der Waals surface area contributed by atoms with Crippen molar-refractivity contribution in [2.45, 2.75) is 37.2 Å². The maximum absolute atomic E-state index is 5.53. The third-order valence-corrected chi connectivity index (χ3v) is 3.97. The summed E-state index contributed by atoms with van der Waals surface area (Å²) in [5, 5.41) is 4.22. The van der Waals surface area contributed by atoms with Crippen molar-refractivity contribution in [2.75, 3.05) is 18.9 Å². The Morgan fingerprint density at radius 3 is 3.08 bits per heavy atom. The maximum atomic E-state index is 5.53. The smallest absolute Gasteiger partial charge is 0.109 e. The molecule has 2 unspecified atom stereocenters. The fraction of sp³-hybridized carbons (Fsp3) is 1.00. The Kier molecular flexibility index (Phi) is 3.31. The van der Waals surface area contributed by atoms with E-state index in [9.17, 15) is 0 Å². The van der Waals surface area contributed by atoms with Crippen molar-refractivity contribution < 1.29 is 4.74 Å². The molecule has 70 valence electrons. The van der Waals surface area contributed by atoms with E-state index in [0.717, 1.165) is 18.4 Å². The first-order valence-electron chi connectivity index (χ1n) is 4.92. The molecule has 2 nitrogen and oxygen atoms in total. The summed E-state index contributed by atoms with van der Waals surface area (Å²) in [6.07, 6.45) is 5.81. The van der Waals surface area contributed by atoms with E-state index in [-0.39, 0.29) is 0 Å². The fourth-order valence-corrected chi connectivity index (χ4v) is 3.21. The molecule has 2 saturated heterocycles. The second-order valence-corrected chi connectivity index (χ2v) is 4.95. The normalized spacial score (nSPS) is 37.0. The van der Waals surface area contributed by atoms with Crippen LogP contribution in [-0.2, 0) is 4.74 Å². The second-order valence-electron chi connectivity index (χ2n) is 3.54. The van der Waals surface area contributed by atoms with E-state index in [0.29, 0.717) is 6.23 Å². The van der Waals surface area contributed by atoms with Crippen molar-refractivity contribution in [1.29, 1.82) is 0 Å². The molecule has 0 spiro atoms. The first-order valence-corrected chi connectivity index (χ1v) is 5.96. The Morgan fingerprint density at radius 2 is 2.42 bits per heavy atom. The number of rotatable bonds is 2. The SMILES string of the molecule is C1CCC(CC2NCCO2)SC1. The summed E-state index contributed by atoms with van der Waals surface area (Å²) in [4.78, 5) is 0. The van der Waals surface area contributed by atoms with Crippen LogP contribution in [0.2, 0.25) is 0 Å². The summed E-state index contributed by atoms with van der Waals surface area (Å²) in [6, 6.07) is 0. The summed E-state index contributed by atoms with van der Waals surface area (Å²) in [7, 11) is 0. The van der Waals surface area contributed by atoms with Gasteiger partial charge in [0.2, 0.25) is 0 Å². The zero-order valence-electron chi connectivity index (χ0n) is 7.42. The van der Waals surface area contributed by atoms with Gasteiger partial charge in [-0.25, -0.2) is 0 Å². The standard InChI is InChI=1S/C9H17NOS/c1-2-6-12-8(3-1)7-9-10-4-5-11-9/h8-10H,1-7H2. The lowest BCUT2D eigenvalue weighted by Crippen LogP contribution is -2.27. The van der Waals surface area contributed by atoms with E-state index >= 15 is 0 Å². The molecule has 0 aromatic carbocycles. The van der Waals surface area contributed by atoms with Crippen LogP contribution in [0.5, 0.6) is 0 Å². The molecule has 0 saturated carbocycles. The Bertz CT molecular complexity index is 130. The molecule has 0 aliphatic carbocycles. The minimum absolute atomic E-state index is 0.362. The molecule has 3 heteroatoms. The predicted octanol–water partition coefficient (Wildman–Crippen LogP) is 1.61. The summed E-state index contributed by atoms with van der Waals surface area (Å²) < 4.78 is 5.53. The minimum Gasteiger partial charge on any atom is -0.362 e. The summed E-state index contributed by atoms with van der Waals surface area (Å²) in [6.45, 7) is 1.95. The molecule has 2 rings (SSSR count). The lowest BCUT2D eigenvalue weighted by molar-refractivity contribution is 0.0931. The van der Waals surface area contributed by atoms with Gasteiger partial charge in [-0.2, -0.15) is 11.8 Å². The molecule has 12 heavy (non-hydrogen) atoms. The van der Waals surface area contributed by atoms with Crippen LogP contribution in [0.15, 0.2) is 0 Å². The van der Waals surface area contributed by atoms with E-state index in [1.54, 1.807) is 0 Å². The van der Waals surface area contributed by atoms with Crippen LogP contribution in [-0.4, -0.2) is 30.4 Å². The van der Waals surface area contributed by atoms with Crippen molar-refractivity contribution in [3.05, 3.63) is 0 Å². The summed E-state index contributed by atoms with van der Waals surface area (Å²) in [5.41, 5.74) is 0. The van der Waals surface area contributed by atoms with Crippen molar-refractivity contribution in [3.63, 3.8) is 0 Å². The van der Waals surface area contributed by atoms with E-state index in [2.05, 4.69) is 17.1 Å². The molecule has 2 heterocycles. The highest BCUT2D eigenvalue weighted by molar-refractivity contribution is 7.99. The van der Waals surface area contributed by atoms with Crippen LogP contribution in [0.3, 0.4) is 0 Å². The second kappa shape index (κ2) is 4.49. The van der Waals surface area contributed by atoms with Gasteiger partial charge in [0.1, 0.15) is 6.23 Å². The summed E-state index contributed by atoms with van der Waals surface area (Å²) in [5.74, 6) is 1.36. The molecule has 0 aromatic rings. The maximum Gasteiger partial charge on any atom is 0.109 e. The molecule has 0 bridgehead atoms. The molecule has 2 aliphatic heterocycles. The van der Waals surface area contributed by atoms with Gasteiger partial charge in [-0.3, -0.25) is 5.32 Å². The van der Waals surface area contributed by atoms with Gasteiger partial charge in [0, 0.05) is 11.8 Å². The van der Waals surface area contributed by atoms with Crippen LogP contribution in [0.4, 0.5) is 0 Å². The number of nitrogens with one attached hydrogen (secondary N) is 1. The minimum atomic E-state index is 0.362. The van der Waals surface area contributed by atoms with Crippen molar-refractivity contribution in [1.82, 2.24) is 5.32 Å². The van der Waals surface area contributed by atoms with Gasteiger partial charge in [-0.1, -0.05) is 6.42 Å². The molecule has 1 N–H and O–H groups in total. The highest BCUT2D eigenvalue weighted by Crippen LogP contribution is 2.28. The molecule has 2 aliphatic rings. The number of hydrogen-bond donors (Lipinski definition) is 1. The van der Waals surface area contributed by atoms with E-state index in [4.69, 9.17) is 4.74 Å². The number of ether oxygens (including phenoxy) is 1. The molecular weight excluding hydrogens is 170 g/mol. The van der Waals surface area contributed by atoms with Gasteiger partial charge in [0.05, 0.1) is 6.61 Å². The van der Waals surface area contributed by atoms with Crippen molar-refractivity contribution >= 4 is 11.8 Å². The van der Waals surface area contributed by atoms with Crippen LogP contribution in [0, 0.1) is 0 Å². The van der Waals surface area contributed by atoms with Crippen LogP contribution in [0.25, 0.3) is 0 Å². The van der Waals surface area contributed by atoms with Gasteiger partial charge >= 0.3 is 0 Å². The van der Waals surface area contributed by atoms with E-state index in [1.165, 1.54) is 31.4 Å². The van der Waals surface area contributed by atoms with Gasteiger partial charge in [-0.05, 0) is 25.0 Å². The topological polar surface area (TPSA) is 21.3 Å². The molecule has 0 radical (unpaired) electrons. The molecule has 2 atom stereocenters. The fourth-order valence-electron chi connectivity index (χ4n) is 1.86. The molecule has 0 aromatic heterocycles. The van der Waals surface area contributed by atoms with Crippen LogP contribution in [0.1, 0.15) is 25.7 Å². The predicted molar refractivity (Wildman–Crippen MR) is 52.5 cm³/mol. The Hall–Kier alpha value is 0.270. The van der Waals surface area contributed by atoms with Gasteiger partial charge in [0.15, 0.2) is 0 Å². The zero-order chi connectivity index (χ0) is 8.23. The lowest BCUT2D eigenvalue weighted by Gasteiger charge is -2.23. The summed E-state index contributed by atoms with van der Waals surface area (Å²) >= 11 is 2.13. The largest absolute Gasteiger partial charge is 0.362 e. The number of thioether (sulfide) groups is 1. The lowest BCUT2D eigenvalue weighted by atomic mass is 10.1. The quantitative estimate of drug-likeness (QED) is 0.709. The zero-order valence-corrected chi connectivity index (χ0v) is 8.24. The first kappa shape index (κ1) is 8.85. The highest BCUT2D eigenvalue weighted by atomic mass is 32.2. The third-order valence-electron chi connectivity index (χ3n) is 2.54. The van der Waals surface area contributed by atoms with Crippen LogP contribution >= 0.6 is 11.8 Å². The third kappa shape index (κ3) is 2.38. The molecule has 0 amide bonds. The Morgan fingerprint density at radius 1 is 1.42 bits per heavy atom. The monoisotopic (exact) mass is 187 g/mol. The highest BCUT2D eigenvalue weighted by Gasteiger charge is 2.21. The first-order chi connectivity index (χ1) is 5.95. The average molecular weight is 187 g/mol.